The third kappa shape index (κ3) is 4.65. The van der Waals surface area contributed by atoms with E-state index in [0.29, 0.717) is 4.90 Å². The highest BCUT2D eigenvalue weighted by Gasteiger charge is 2.39. The maximum atomic E-state index is 11.7. The van der Waals surface area contributed by atoms with Crippen molar-refractivity contribution in [3.05, 3.63) is 0 Å². The predicted octanol–water partition coefficient (Wildman–Crippen LogP) is 1.07. The molecule has 0 bridgehead atoms. The molecule has 0 aromatic rings. The van der Waals surface area contributed by atoms with Gasteiger partial charge in [-0.1, -0.05) is 0 Å². The Bertz CT molecular complexity index is 149. The number of carbonyl (C=O) groups is 1. The van der Waals surface area contributed by atoms with Crippen molar-refractivity contribution in [1.82, 2.24) is 4.90 Å². The van der Waals surface area contributed by atoms with Gasteiger partial charge >= 0.3 is 15.2 Å². The zero-order valence-corrected chi connectivity index (χ0v) is 7.10. The van der Waals surface area contributed by atoms with Gasteiger partial charge in [-0.05, 0) is 0 Å². The Hall–Kier alpha value is -0.723. The van der Waals surface area contributed by atoms with Gasteiger partial charge in [0.2, 0.25) is 0 Å². The second kappa shape index (κ2) is 3.61. The summed E-state index contributed by atoms with van der Waals surface area (Å²) in [6.07, 6.45) is -2.12. The Kier molecular flexibility index (Phi) is 3.37. The summed E-state index contributed by atoms with van der Waals surface area (Å²) in [4.78, 5) is 10.9. The zero-order chi connectivity index (χ0) is 9.07. The molecule has 0 heterocycles. The number of nitrogens with zero attached hydrogens (tertiary/aromatic N) is 1. The van der Waals surface area contributed by atoms with Gasteiger partial charge in [-0.3, -0.25) is 0 Å². The largest absolute Gasteiger partial charge is 0.636 e. The highest BCUT2D eigenvalue weighted by atomic mass is 28.5. The highest BCUT2D eigenvalue weighted by molar-refractivity contribution is 6.58. The van der Waals surface area contributed by atoms with Gasteiger partial charge in [0.05, 0.1) is 7.11 Å². The first-order chi connectivity index (χ1) is 4.87. The summed E-state index contributed by atoms with van der Waals surface area (Å²) in [6.45, 7) is 0. The van der Waals surface area contributed by atoms with Crippen molar-refractivity contribution in [3.8, 4) is 0 Å². The fraction of sp³-hybridized carbons (Fsp3) is 0.750. The quantitative estimate of drug-likeness (QED) is 0.478. The van der Waals surface area contributed by atoms with Gasteiger partial charge in [-0.15, -0.1) is 0 Å². The number of halogens is 3. The van der Waals surface area contributed by atoms with E-state index in [1.54, 1.807) is 0 Å². The molecule has 0 spiro atoms. The maximum Gasteiger partial charge on any atom is 0.636 e. The number of methoxy groups -OCH3 is 1. The first-order valence-corrected chi connectivity index (χ1v) is 4.57. The van der Waals surface area contributed by atoms with Crippen LogP contribution in [0.4, 0.5) is 17.1 Å². The molecular formula is C4H8F3NO2Si. The van der Waals surface area contributed by atoms with Crippen LogP contribution in [0, 0.1) is 0 Å². The Morgan fingerprint density at radius 1 is 1.55 bits per heavy atom. The average Bonchev–Trinajstić information content (AvgIpc) is 1.82. The predicted molar refractivity (Wildman–Crippen MR) is 34.1 cm³/mol. The van der Waals surface area contributed by atoms with Gasteiger partial charge in [-0.25, -0.2) is 17.1 Å². The number of rotatable bonds is 2. The summed E-state index contributed by atoms with van der Waals surface area (Å²) in [5, 5.41) is 0. The van der Waals surface area contributed by atoms with E-state index in [1.165, 1.54) is 0 Å². The molecule has 0 aromatic carbocycles. The second-order valence-electron chi connectivity index (χ2n) is 1.94. The molecule has 0 saturated heterocycles. The molecule has 0 aromatic heterocycles. The van der Waals surface area contributed by atoms with E-state index in [0.717, 1.165) is 14.2 Å². The van der Waals surface area contributed by atoms with E-state index in [9.17, 15) is 17.1 Å². The first kappa shape index (κ1) is 10.3. The van der Waals surface area contributed by atoms with Crippen LogP contribution in [-0.2, 0) is 4.74 Å². The molecule has 7 heteroatoms. The lowest BCUT2D eigenvalue weighted by Gasteiger charge is -2.14. The number of carbonyl (C=O) groups excluding carboxylic acids is 1. The van der Waals surface area contributed by atoms with Crippen LogP contribution in [-0.4, -0.2) is 40.4 Å². The first-order valence-electron chi connectivity index (χ1n) is 2.72. The molecule has 0 N–H and O–H groups in total. The molecule has 3 nitrogen and oxygen atoms in total. The molecule has 0 rings (SSSR count). The monoisotopic (exact) mass is 187 g/mol. The van der Waals surface area contributed by atoms with E-state index >= 15 is 0 Å². The zero-order valence-electron chi connectivity index (χ0n) is 6.10. The van der Waals surface area contributed by atoms with Crippen LogP contribution in [0.3, 0.4) is 0 Å². The summed E-state index contributed by atoms with van der Waals surface area (Å²) in [6, 6.07) is 0. The van der Waals surface area contributed by atoms with E-state index in [-0.39, 0.29) is 0 Å². The standard InChI is InChI=1S/C4H8F3NO2Si/c1-8(4(9)10-2)3-11(5,6)7/h3H2,1-2H3. The summed E-state index contributed by atoms with van der Waals surface area (Å²) < 4.78 is 39.1. The molecule has 11 heavy (non-hydrogen) atoms. The maximum absolute atomic E-state index is 11.7. The minimum Gasteiger partial charge on any atom is -0.453 e. The SMILES string of the molecule is COC(=O)N(C)C[Si](F)(F)F. The fourth-order valence-electron chi connectivity index (χ4n) is 0.489. The summed E-state index contributed by atoms with van der Waals surface area (Å²) in [5.41, 5.74) is 0. The number of amides is 1. The van der Waals surface area contributed by atoms with E-state index < -0.39 is 21.3 Å². The van der Waals surface area contributed by atoms with Crippen LogP contribution in [0.15, 0.2) is 0 Å². The molecule has 1 amide bonds. The Morgan fingerprint density at radius 3 is 2.27 bits per heavy atom. The van der Waals surface area contributed by atoms with Crippen molar-refractivity contribution in [2.45, 2.75) is 0 Å². The molecule has 0 aliphatic heterocycles. The van der Waals surface area contributed by atoms with Crippen molar-refractivity contribution >= 4 is 15.2 Å². The molecule has 0 fully saturated rings. The van der Waals surface area contributed by atoms with E-state index in [2.05, 4.69) is 4.74 Å². The van der Waals surface area contributed by atoms with E-state index in [4.69, 9.17) is 0 Å². The van der Waals surface area contributed by atoms with Gasteiger partial charge in [0, 0.05) is 7.05 Å². The van der Waals surface area contributed by atoms with Crippen molar-refractivity contribution in [2.24, 2.45) is 0 Å². The molecule has 0 unspecified atom stereocenters. The van der Waals surface area contributed by atoms with Crippen LogP contribution >= 0.6 is 0 Å². The molecule has 0 aliphatic rings. The van der Waals surface area contributed by atoms with Crippen LogP contribution in [0.25, 0.3) is 0 Å². The lowest BCUT2D eigenvalue weighted by molar-refractivity contribution is 0.135. The third-order valence-electron chi connectivity index (χ3n) is 0.903. The Labute approximate surface area is 63.3 Å². The summed E-state index contributed by atoms with van der Waals surface area (Å²) >= 11 is 0. The van der Waals surface area contributed by atoms with Crippen LogP contribution in [0.1, 0.15) is 0 Å². The molecule has 0 radical (unpaired) electrons. The average molecular weight is 187 g/mol. The fourth-order valence-corrected chi connectivity index (χ4v) is 1.16. The Morgan fingerprint density at radius 2 is 2.00 bits per heavy atom. The van der Waals surface area contributed by atoms with Gasteiger partial charge in [-0.2, -0.15) is 0 Å². The number of ether oxygens (including phenoxy) is 1. The molecule has 66 valence electrons. The molecule has 0 saturated carbocycles. The lowest BCUT2D eigenvalue weighted by atomic mass is 10.9. The van der Waals surface area contributed by atoms with Gasteiger partial charge in [0.1, 0.15) is 6.17 Å². The second-order valence-corrected chi connectivity index (χ2v) is 3.49. The minimum atomic E-state index is -5.67. The van der Waals surface area contributed by atoms with Crippen LogP contribution in [0.2, 0.25) is 0 Å². The van der Waals surface area contributed by atoms with Crippen molar-refractivity contribution in [2.75, 3.05) is 20.3 Å². The van der Waals surface area contributed by atoms with E-state index in [1.807, 2.05) is 0 Å². The minimum absolute atomic E-state index is 0.506. The smallest absolute Gasteiger partial charge is 0.453 e. The number of hydrogen-bond acceptors (Lipinski definition) is 2. The molecular weight excluding hydrogens is 179 g/mol. The van der Waals surface area contributed by atoms with Gasteiger partial charge in [0.15, 0.2) is 0 Å². The Balaban J connectivity index is 3.87. The lowest BCUT2D eigenvalue weighted by Crippen LogP contribution is -2.39. The molecule has 0 aliphatic carbocycles. The normalized spacial score (nSPS) is 11.0. The molecule has 0 atom stereocenters. The third-order valence-corrected chi connectivity index (χ3v) is 1.74. The van der Waals surface area contributed by atoms with Crippen LogP contribution in [0.5, 0.6) is 0 Å². The van der Waals surface area contributed by atoms with Crippen molar-refractivity contribution < 1.29 is 21.9 Å². The van der Waals surface area contributed by atoms with Gasteiger partial charge in [0.25, 0.3) is 0 Å². The van der Waals surface area contributed by atoms with Gasteiger partial charge < -0.3 is 9.64 Å². The topological polar surface area (TPSA) is 29.5 Å². The van der Waals surface area contributed by atoms with Crippen molar-refractivity contribution in [1.29, 1.82) is 0 Å². The summed E-state index contributed by atoms with van der Waals surface area (Å²) in [5.74, 6) is 0. The van der Waals surface area contributed by atoms with Crippen LogP contribution < -0.4 is 0 Å². The van der Waals surface area contributed by atoms with Crippen molar-refractivity contribution in [3.63, 3.8) is 0 Å². The number of hydrogen-bond donors (Lipinski definition) is 0. The highest BCUT2D eigenvalue weighted by Crippen LogP contribution is 2.09. The summed E-state index contributed by atoms with van der Waals surface area (Å²) in [7, 11) is -3.59.